The normalized spacial score (nSPS) is 14.7. The van der Waals surface area contributed by atoms with Crippen LogP contribution in [0.4, 0.5) is 4.79 Å². The molecule has 0 atom stereocenters. The van der Waals surface area contributed by atoms with Gasteiger partial charge in [0.1, 0.15) is 0 Å². The van der Waals surface area contributed by atoms with Crippen molar-refractivity contribution in [1.82, 2.24) is 4.90 Å². The highest BCUT2D eigenvalue weighted by Crippen LogP contribution is 2.11. The molecule has 0 aromatic heterocycles. The Hall–Kier alpha value is -1.06. The molecule has 122 valence electrons. The molecule has 0 aliphatic carbocycles. The number of ketones is 1. The largest absolute Gasteiger partial charge is 0.449 e. The van der Waals surface area contributed by atoms with Gasteiger partial charge in [-0.15, -0.1) is 0 Å². The van der Waals surface area contributed by atoms with Gasteiger partial charge in [-0.2, -0.15) is 0 Å². The number of nitrogens with zero attached hydrogens (tertiary/aromatic N) is 1. The van der Waals surface area contributed by atoms with E-state index in [1.165, 1.54) is 56.3 Å². The SMILES string of the molecule is CCCCCCCCCCCCOC(=O)N1CCC(=O)C1. The van der Waals surface area contributed by atoms with Crippen molar-refractivity contribution in [2.45, 2.75) is 77.6 Å². The summed E-state index contributed by atoms with van der Waals surface area (Å²) in [7, 11) is 0. The second-order valence-corrected chi connectivity index (χ2v) is 6.01. The Kier molecular flexibility index (Phi) is 9.92. The molecular formula is C17H31NO3. The number of unbranched alkanes of at least 4 members (excludes halogenated alkanes) is 9. The molecular weight excluding hydrogens is 266 g/mol. The molecule has 4 nitrogen and oxygen atoms in total. The van der Waals surface area contributed by atoms with Crippen LogP contribution in [0.5, 0.6) is 0 Å². The van der Waals surface area contributed by atoms with Gasteiger partial charge in [0.05, 0.1) is 13.2 Å². The van der Waals surface area contributed by atoms with Crippen molar-refractivity contribution in [3.8, 4) is 0 Å². The minimum absolute atomic E-state index is 0.130. The van der Waals surface area contributed by atoms with E-state index in [9.17, 15) is 9.59 Å². The highest BCUT2D eigenvalue weighted by atomic mass is 16.6. The van der Waals surface area contributed by atoms with Gasteiger partial charge in [-0.05, 0) is 6.42 Å². The lowest BCUT2D eigenvalue weighted by molar-refractivity contribution is -0.116. The first-order valence-corrected chi connectivity index (χ1v) is 8.67. The van der Waals surface area contributed by atoms with Crippen molar-refractivity contribution < 1.29 is 14.3 Å². The van der Waals surface area contributed by atoms with Crippen LogP contribution in [0.15, 0.2) is 0 Å². The number of hydrogen-bond donors (Lipinski definition) is 0. The molecule has 0 bridgehead atoms. The predicted octanol–water partition coefficient (Wildman–Crippen LogP) is 4.32. The number of ether oxygens (including phenoxy) is 1. The van der Waals surface area contributed by atoms with E-state index in [0.29, 0.717) is 19.6 Å². The van der Waals surface area contributed by atoms with Crippen molar-refractivity contribution in [3.63, 3.8) is 0 Å². The van der Waals surface area contributed by atoms with Crippen LogP contribution in [-0.2, 0) is 9.53 Å². The Labute approximate surface area is 129 Å². The Morgan fingerprint density at radius 1 is 1.00 bits per heavy atom. The molecule has 0 unspecified atom stereocenters. The fourth-order valence-electron chi connectivity index (χ4n) is 2.63. The van der Waals surface area contributed by atoms with Gasteiger partial charge in [-0.1, -0.05) is 64.7 Å². The van der Waals surface area contributed by atoms with E-state index in [2.05, 4.69) is 6.92 Å². The average Bonchev–Trinajstić information content (AvgIpc) is 2.91. The number of amides is 1. The van der Waals surface area contributed by atoms with Crippen LogP contribution < -0.4 is 0 Å². The van der Waals surface area contributed by atoms with Crippen LogP contribution in [0.3, 0.4) is 0 Å². The van der Waals surface area contributed by atoms with Crippen LogP contribution in [0.1, 0.15) is 77.6 Å². The second kappa shape index (κ2) is 11.6. The van der Waals surface area contributed by atoms with Crippen molar-refractivity contribution >= 4 is 11.9 Å². The minimum atomic E-state index is -0.322. The van der Waals surface area contributed by atoms with Crippen molar-refractivity contribution in [2.75, 3.05) is 19.7 Å². The molecule has 21 heavy (non-hydrogen) atoms. The predicted molar refractivity (Wildman–Crippen MR) is 84.4 cm³/mol. The lowest BCUT2D eigenvalue weighted by Crippen LogP contribution is -2.29. The summed E-state index contributed by atoms with van der Waals surface area (Å²) >= 11 is 0. The summed E-state index contributed by atoms with van der Waals surface area (Å²) in [6.45, 7) is 3.49. The molecule has 1 aliphatic rings. The van der Waals surface area contributed by atoms with Gasteiger partial charge in [0.25, 0.3) is 0 Å². The third kappa shape index (κ3) is 8.74. The van der Waals surface area contributed by atoms with E-state index < -0.39 is 0 Å². The molecule has 1 saturated heterocycles. The Bertz CT molecular complexity index is 304. The first-order valence-electron chi connectivity index (χ1n) is 8.67. The van der Waals surface area contributed by atoms with E-state index in [4.69, 9.17) is 4.74 Å². The Balaban J connectivity index is 1.82. The molecule has 1 fully saturated rings. The maximum Gasteiger partial charge on any atom is 0.410 e. The second-order valence-electron chi connectivity index (χ2n) is 6.01. The molecule has 1 heterocycles. The first kappa shape index (κ1) is 18.0. The van der Waals surface area contributed by atoms with Crippen molar-refractivity contribution in [3.05, 3.63) is 0 Å². The van der Waals surface area contributed by atoms with E-state index in [1.807, 2.05) is 0 Å². The van der Waals surface area contributed by atoms with Gasteiger partial charge >= 0.3 is 6.09 Å². The third-order valence-electron chi connectivity index (χ3n) is 4.01. The number of likely N-dealkylation sites (tertiary alicyclic amines) is 1. The highest BCUT2D eigenvalue weighted by Gasteiger charge is 2.24. The standard InChI is InChI=1S/C17H31NO3/c1-2-3-4-5-6-7-8-9-10-11-14-21-17(20)18-13-12-16(19)15-18/h2-15H2,1H3. The lowest BCUT2D eigenvalue weighted by atomic mass is 10.1. The fraction of sp³-hybridized carbons (Fsp3) is 0.882. The fourth-order valence-corrected chi connectivity index (χ4v) is 2.63. The summed E-state index contributed by atoms with van der Waals surface area (Å²) in [6, 6.07) is 0. The van der Waals surface area contributed by atoms with Gasteiger partial charge in [0.15, 0.2) is 5.78 Å². The summed E-state index contributed by atoms with van der Waals surface area (Å²) in [5, 5.41) is 0. The molecule has 0 spiro atoms. The quantitative estimate of drug-likeness (QED) is 0.534. The van der Waals surface area contributed by atoms with Crippen LogP contribution in [-0.4, -0.2) is 36.5 Å². The molecule has 4 heteroatoms. The van der Waals surface area contributed by atoms with E-state index in [0.717, 1.165) is 12.8 Å². The zero-order valence-corrected chi connectivity index (χ0v) is 13.6. The van der Waals surface area contributed by atoms with Gasteiger partial charge in [0, 0.05) is 13.0 Å². The van der Waals surface area contributed by atoms with Crippen LogP contribution in [0.25, 0.3) is 0 Å². The van der Waals surface area contributed by atoms with Gasteiger partial charge in [0.2, 0.25) is 0 Å². The number of Topliss-reactive ketones (excluding diaryl/α,β-unsaturated/α-hetero) is 1. The van der Waals surface area contributed by atoms with Crippen molar-refractivity contribution in [2.24, 2.45) is 0 Å². The molecule has 1 rings (SSSR count). The van der Waals surface area contributed by atoms with Gasteiger partial charge in [-0.25, -0.2) is 4.79 Å². The Morgan fingerprint density at radius 3 is 2.10 bits per heavy atom. The van der Waals surface area contributed by atoms with Gasteiger partial charge < -0.3 is 9.64 Å². The number of carbonyl (C=O) groups is 2. The zero-order valence-electron chi connectivity index (χ0n) is 13.6. The molecule has 0 aromatic rings. The van der Waals surface area contributed by atoms with Crippen LogP contribution in [0, 0.1) is 0 Å². The number of carbonyl (C=O) groups excluding carboxylic acids is 2. The summed E-state index contributed by atoms with van der Waals surface area (Å²) in [4.78, 5) is 24.2. The van der Waals surface area contributed by atoms with E-state index in [1.54, 1.807) is 0 Å². The maximum atomic E-state index is 11.6. The highest BCUT2D eigenvalue weighted by molar-refractivity contribution is 5.87. The molecule has 1 aliphatic heterocycles. The molecule has 0 saturated carbocycles. The third-order valence-corrected chi connectivity index (χ3v) is 4.01. The summed E-state index contributed by atoms with van der Waals surface area (Å²) in [5.74, 6) is 0.130. The summed E-state index contributed by atoms with van der Waals surface area (Å²) in [5.41, 5.74) is 0. The van der Waals surface area contributed by atoms with Crippen LogP contribution in [0.2, 0.25) is 0 Å². The molecule has 0 N–H and O–H groups in total. The Morgan fingerprint density at radius 2 is 1.57 bits per heavy atom. The van der Waals surface area contributed by atoms with Crippen LogP contribution >= 0.6 is 0 Å². The molecule has 0 radical (unpaired) electrons. The van der Waals surface area contributed by atoms with Crippen molar-refractivity contribution in [1.29, 1.82) is 0 Å². The maximum absolute atomic E-state index is 11.6. The lowest BCUT2D eigenvalue weighted by Gasteiger charge is -2.14. The van der Waals surface area contributed by atoms with E-state index in [-0.39, 0.29) is 18.4 Å². The summed E-state index contributed by atoms with van der Waals surface area (Å²) in [6.07, 6.45) is 12.9. The molecule has 0 aromatic carbocycles. The smallest absolute Gasteiger partial charge is 0.410 e. The minimum Gasteiger partial charge on any atom is -0.449 e. The zero-order chi connectivity index (χ0) is 15.3. The number of hydrogen-bond acceptors (Lipinski definition) is 3. The first-order chi connectivity index (χ1) is 10.2. The summed E-state index contributed by atoms with van der Waals surface area (Å²) < 4.78 is 5.18. The number of rotatable bonds is 11. The van der Waals surface area contributed by atoms with Gasteiger partial charge in [-0.3, -0.25) is 4.79 Å². The monoisotopic (exact) mass is 297 g/mol. The average molecular weight is 297 g/mol. The molecule has 1 amide bonds. The van der Waals surface area contributed by atoms with E-state index >= 15 is 0 Å². The topological polar surface area (TPSA) is 46.6 Å².